The summed E-state index contributed by atoms with van der Waals surface area (Å²) in [6.07, 6.45) is 1.76. The maximum Gasteiger partial charge on any atom is 0.126 e. The molecule has 0 unspecified atom stereocenters. The van der Waals surface area contributed by atoms with Crippen molar-refractivity contribution in [1.82, 2.24) is 4.98 Å². The zero-order valence-electron chi connectivity index (χ0n) is 7.12. The van der Waals surface area contributed by atoms with Gasteiger partial charge in [-0.15, -0.1) is 0 Å². The van der Waals surface area contributed by atoms with Crippen LogP contribution in [0.4, 0.5) is 0 Å². The predicted octanol–water partition coefficient (Wildman–Crippen LogP) is 3.01. The van der Waals surface area contributed by atoms with E-state index in [0.717, 1.165) is 21.1 Å². The Balaban J connectivity index is 2.84. The number of nitrogens with zero attached hydrogens (tertiary/aromatic N) is 1. The van der Waals surface area contributed by atoms with Gasteiger partial charge in [0, 0.05) is 17.0 Å². The van der Waals surface area contributed by atoms with Gasteiger partial charge in [-0.1, -0.05) is 12.1 Å². The molecule has 1 heterocycles. The monoisotopic (exact) mass is 237 g/mol. The summed E-state index contributed by atoms with van der Waals surface area (Å²) in [6, 6.07) is 7.84. The van der Waals surface area contributed by atoms with E-state index >= 15 is 0 Å². The van der Waals surface area contributed by atoms with Crippen LogP contribution in [0, 0.1) is 0 Å². The molecular formula is C10H8BrNO. The lowest BCUT2D eigenvalue weighted by Crippen LogP contribution is -1.85. The molecule has 3 heteroatoms. The first-order valence-electron chi connectivity index (χ1n) is 3.90. The van der Waals surface area contributed by atoms with Gasteiger partial charge in [-0.05, 0) is 28.1 Å². The fourth-order valence-electron chi connectivity index (χ4n) is 1.32. The summed E-state index contributed by atoms with van der Waals surface area (Å²) < 4.78 is 6.08. The summed E-state index contributed by atoms with van der Waals surface area (Å²) in [6.45, 7) is 0. The Hall–Kier alpha value is -1.09. The number of hydrogen-bond donors (Lipinski definition) is 0. The lowest BCUT2D eigenvalue weighted by Gasteiger charge is -2.04. The number of rotatable bonds is 1. The molecule has 1 aromatic carbocycles. The van der Waals surface area contributed by atoms with Crippen LogP contribution in [0.3, 0.4) is 0 Å². The Labute approximate surface area is 84.7 Å². The molecule has 0 spiro atoms. The number of fused-ring (bicyclic) bond motifs is 1. The molecule has 0 N–H and O–H groups in total. The summed E-state index contributed by atoms with van der Waals surface area (Å²) in [5.74, 6) is 0.876. The molecule has 66 valence electrons. The number of ether oxygens (including phenoxy) is 1. The second-order valence-electron chi connectivity index (χ2n) is 2.66. The summed E-state index contributed by atoms with van der Waals surface area (Å²) in [7, 11) is 1.67. The van der Waals surface area contributed by atoms with E-state index in [4.69, 9.17) is 4.74 Å². The van der Waals surface area contributed by atoms with E-state index in [1.54, 1.807) is 13.3 Å². The van der Waals surface area contributed by atoms with Crippen molar-refractivity contribution in [3.63, 3.8) is 0 Å². The molecular weight excluding hydrogens is 230 g/mol. The van der Waals surface area contributed by atoms with E-state index in [0.29, 0.717) is 0 Å². The standard InChI is InChI=1S/C10H8BrNO/c1-13-9-4-2-3-8-7(9)5-6-12-10(8)11/h2-6H,1H3. The van der Waals surface area contributed by atoms with Crippen LogP contribution < -0.4 is 4.74 Å². The van der Waals surface area contributed by atoms with Gasteiger partial charge in [0.1, 0.15) is 10.4 Å². The Bertz CT molecular complexity index is 442. The minimum Gasteiger partial charge on any atom is -0.496 e. The highest BCUT2D eigenvalue weighted by molar-refractivity contribution is 9.10. The Kier molecular flexibility index (Phi) is 2.19. The SMILES string of the molecule is COc1cccc2c(Br)nccc12. The second kappa shape index (κ2) is 3.34. The van der Waals surface area contributed by atoms with Gasteiger partial charge in [0.25, 0.3) is 0 Å². The number of pyridine rings is 1. The predicted molar refractivity (Wildman–Crippen MR) is 56.0 cm³/mol. The van der Waals surface area contributed by atoms with Crippen molar-refractivity contribution in [3.05, 3.63) is 35.1 Å². The average Bonchev–Trinajstić information content (AvgIpc) is 2.18. The number of halogens is 1. The molecule has 0 amide bonds. The Morgan fingerprint density at radius 3 is 2.85 bits per heavy atom. The molecule has 0 saturated carbocycles. The molecule has 0 radical (unpaired) electrons. The van der Waals surface area contributed by atoms with Crippen LogP contribution in [0.1, 0.15) is 0 Å². The minimum absolute atomic E-state index is 0.851. The maximum absolute atomic E-state index is 5.23. The number of methoxy groups -OCH3 is 1. The highest BCUT2D eigenvalue weighted by Gasteiger charge is 2.02. The van der Waals surface area contributed by atoms with Gasteiger partial charge in [0.05, 0.1) is 7.11 Å². The molecule has 0 aliphatic heterocycles. The summed E-state index contributed by atoms with van der Waals surface area (Å²) >= 11 is 3.39. The van der Waals surface area contributed by atoms with Gasteiger partial charge >= 0.3 is 0 Å². The molecule has 0 saturated heterocycles. The van der Waals surface area contributed by atoms with Crippen molar-refractivity contribution in [2.45, 2.75) is 0 Å². The second-order valence-corrected chi connectivity index (χ2v) is 3.41. The molecule has 1 aromatic heterocycles. The topological polar surface area (TPSA) is 22.1 Å². The van der Waals surface area contributed by atoms with Crippen molar-refractivity contribution in [2.24, 2.45) is 0 Å². The van der Waals surface area contributed by atoms with Crippen molar-refractivity contribution < 1.29 is 4.74 Å². The fourth-order valence-corrected chi connectivity index (χ4v) is 1.78. The quantitative estimate of drug-likeness (QED) is 0.712. The van der Waals surface area contributed by atoms with Gasteiger partial charge in [-0.25, -0.2) is 4.98 Å². The molecule has 0 atom stereocenters. The molecule has 2 nitrogen and oxygen atoms in total. The zero-order valence-corrected chi connectivity index (χ0v) is 8.71. The molecule has 2 aromatic rings. The van der Waals surface area contributed by atoms with Crippen LogP contribution >= 0.6 is 15.9 Å². The van der Waals surface area contributed by atoms with Crippen LogP contribution in [0.15, 0.2) is 35.1 Å². The van der Waals surface area contributed by atoms with Crippen LogP contribution in [-0.2, 0) is 0 Å². The highest BCUT2D eigenvalue weighted by atomic mass is 79.9. The van der Waals surface area contributed by atoms with E-state index in [9.17, 15) is 0 Å². The smallest absolute Gasteiger partial charge is 0.126 e. The van der Waals surface area contributed by atoms with E-state index in [-0.39, 0.29) is 0 Å². The third kappa shape index (κ3) is 1.40. The normalized spacial score (nSPS) is 10.3. The van der Waals surface area contributed by atoms with Crippen molar-refractivity contribution in [3.8, 4) is 5.75 Å². The highest BCUT2D eigenvalue weighted by Crippen LogP contribution is 2.28. The van der Waals surface area contributed by atoms with Gasteiger partial charge in [-0.3, -0.25) is 0 Å². The third-order valence-electron chi connectivity index (χ3n) is 1.94. The fraction of sp³-hybridized carbons (Fsp3) is 0.100. The van der Waals surface area contributed by atoms with E-state index < -0.39 is 0 Å². The van der Waals surface area contributed by atoms with Crippen molar-refractivity contribution >= 4 is 26.7 Å². The molecule has 2 rings (SSSR count). The third-order valence-corrected chi connectivity index (χ3v) is 2.57. The van der Waals surface area contributed by atoms with Gasteiger partial charge in [0.15, 0.2) is 0 Å². The van der Waals surface area contributed by atoms with Crippen LogP contribution in [0.25, 0.3) is 10.8 Å². The largest absolute Gasteiger partial charge is 0.496 e. The van der Waals surface area contributed by atoms with Crippen LogP contribution in [0.2, 0.25) is 0 Å². The lowest BCUT2D eigenvalue weighted by molar-refractivity contribution is 0.420. The zero-order chi connectivity index (χ0) is 9.26. The van der Waals surface area contributed by atoms with Crippen molar-refractivity contribution in [2.75, 3.05) is 7.11 Å². The first kappa shape index (κ1) is 8.51. The lowest BCUT2D eigenvalue weighted by atomic mass is 10.1. The summed E-state index contributed by atoms with van der Waals surface area (Å²) in [5.41, 5.74) is 0. The number of aromatic nitrogens is 1. The number of hydrogen-bond acceptors (Lipinski definition) is 2. The molecule has 0 aliphatic rings. The van der Waals surface area contributed by atoms with Gasteiger partial charge < -0.3 is 4.74 Å². The molecule has 0 fully saturated rings. The Morgan fingerprint density at radius 2 is 2.08 bits per heavy atom. The Morgan fingerprint density at radius 1 is 1.23 bits per heavy atom. The van der Waals surface area contributed by atoms with Gasteiger partial charge in [0.2, 0.25) is 0 Å². The molecule has 0 bridgehead atoms. The van der Waals surface area contributed by atoms with E-state index in [2.05, 4.69) is 20.9 Å². The van der Waals surface area contributed by atoms with Crippen molar-refractivity contribution in [1.29, 1.82) is 0 Å². The van der Waals surface area contributed by atoms with Crippen LogP contribution in [0.5, 0.6) is 5.75 Å². The molecule has 13 heavy (non-hydrogen) atoms. The van der Waals surface area contributed by atoms with E-state index in [1.807, 2.05) is 24.3 Å². The minimum atomic E-state index is 0.851. The van der Waals surface area contributed by atoms with Gasteiger partial charge in [-0.2, -0.15) is 0 Å². The maximum atomic E-state index is 5.23. The molecule has 0 aliphatic carbocycles. The summed E-state index contributed by atoms with van der Waals surface area (Å²) in [5, 5.41) is 2.15. The average molecular weight is 238 g/mol. The number of benzene rings is 1. The first-order valence-corrected chi connectivity index (χ1v) is 4.69. The first-order chi connectivity index (χ1) is 6.33. The summed E-state index contributed by atoms with van der Waals surface area (Å²) in [4.78, 5) is 4.14. The van der Waals surface area contributed by atoms with Crippen LogP contribution in [-0.4, -0.2) is 12.1 Å². The van der Waals surface area contributed by atoms with E-state index in [1.165, 1.54) is 0 Å².